The Kier molecular flexibility index (Phi) is 2.61. The first kappa shape index (κ1) is 11.2. The van der Waals surface area contributed by atoms with E-state index in [0.29, 0.717) is 0 Å². The molecule has 0 aliphatic heterocycles. The van der Waals surface area contributed by atoms with E-state index in [0.717, 1.165) is 18.3 Å². The van der Waals surface area contributed by atoms with Crippen LogP contribution < -0.4 is 0 Å². The Hall–Kier alpha value is -2.26. The Morgan fingerprint density at radius 1 is 1.53 bits per heavy atom. The van der Waals surface area contributed by atoms with Crippen LogP contribution in [0.2, 0.25) is 5.02 Å². The van der Waals surface area contributed by atoms with Gasteiger partial charge in [0.15, 0.2) is 0 Å². The van der Waals surface area contributed by atoms with Gasteiger partial charge in [-0.15, -0.1) is 0 Å². The van der Waals surface area contributed by atoms with Crippen molar-refractivity contribution in [2.75, 3.05) is 0 Å². The normalized spacial score (nSPS) is 10.2. The summed E-state index contributed by atoms with van der Waals surface area (Å²) in [7, 11) is 0. The molecule has 0 radical (unpaired) electrons. The largest absolute Gasteiger partial charge is 0.280 e. The summed E-state index contributed by atoms with van der Waals surface area (Å²) in [6, 6.07) is 3.67. The fourth-order valence-electron chi connectivity index (χ4n) is 1.45. The van der Waals surface area contributed by atoms with Crippen molar-refractivity contribution in [3.8, 4) is 6.07 Å². The molecule has 84 valence electrons. The number of nitro groups is 1. The number of benzene rings is 1. The lowest BCUT2D eigenvalue weighted by Crippen LogP contribution is -1.95. The van der Waals surface area contributed by atoms with Crippen LogP contribution in [0.3, 0.4) is 0 Å². The van der Waals surface area contributed by atoms with Gasteiger partial charge in [0.05, 0.1) is 15.5 Å². The lowest BCUT2D eigenvalue weighted by atomic mass is 10.1. The molecule has 0 amide bonds. The SMILES string of the molecule is N#Cc1cnc2c(F)ccc([N+](=O)[O-])c2c1Cl. The van der Waals surface area contributed by atoms with Crippen LogP contribution in [0.15, 0.2) is 18.3 Å². The third-order valence-electron chi connectivity index (χ3n) is 2.20. The van der Waals surface area contributed by atoms with Gasteiger partial charge in [-0.2, -0.15) is 5.26 Å². The molecule has 5 nitrogen and oxygen atoms in total. The number of hydrogen-bond donors (Lipinski definition) is 0. The number of nitrogens with zero attached hydrogens (tertiary/aromatic N) is 3. The summed E-state index contributed by atoms with van der Waals surface area (Å²) in [6.07, 6.45) is 1.08. The topological polar surface area (TPSA) is 79.8 Å². The predicted molar refractivity (Wildman–Crippen MR) is 58.1 cm³/mol. The highest BCUT2D eigenvalue weighted by molar-refractivity contribution is 6.37. The molecule has 7 heteroatoms. The van der Waals surface area contributed by atoms with Crippen molar-refractivity contribution in [3.63, 3.8) is 0 Å². The highest BCUT2D eigenvalue weighted by Gasteiger charge is 2.20. The van der Waals surface area contributed by atoms with Crippen LogP contribution in [0.5, 0.6) is 0 Å². The number of fused-ring (bicyclic) bond motifs is 1. The quantitative estimate of drug-likeness (QED) is 0.576. The van der Waals surface area contributed by atoms with Crippen molar-refractivity contribution in [2.24, 2.45) is 0 Å². The lowest BCUT2D eigenvalue weighted by Gasteiger charge is -2.03. The van der Waals surface area contributed by atoms with Crippen LogP contribution >= 0.6 is 11.6 Å². The molecule has 0 atom stereocenters. The molecule has 0 fully saturated rings. The zero-order valence-electron chi connectivity index (χ0n) is 8.15. The van der Waals surface area contributed by atoms with Crippen molar-refractivity contribution < 1.29 is 9.31 Å². The first-order chi connectivity index (χ1) is 8.06. The molecule has 1 aromatic heterocycles. The minimum atomic E-state index is -0.725. The van der Waals surface area contributed by atoms with E-state index >= 15 is 0 Å². The van der Waals surface area contributed by atoms with E-state index in [1.165, 1.54) is 0 Å². The molecule has 0 unspecified atom stereocenters. The summed E-state index contributed by atoms with van der Waals surface area (Å²) in [4.78, 5) is 13.8. The Bertz CT molecular complexity index is 681. The molecule has 0 bridgehead atoms. The van der Waals surface area contributed by atoms with E-state index in [4.69, 9.17) is 16.9 Å². The second-order valence-corrected chi connectivity index (χ2v) is 3.52. The van der Waals surface area contributed by atoms with Gasteiger partial charge in [0, 0.05) is 12.3 Å². The lowest BCUT2D eigenvalue weighted by molar-refractivity contribution is -0.383. The Morgan fingerprint density at radius 3 is 2.82 bits per heavy atom. The predicted octanol–water partition coefficient (Wildman–Crippen LogP) is 2.81. The fourth-order valence-corrected chi connectivity index (χ4v) is 1.73. The summed E-state index contributed by atoms with van der Waals surface area (Å²) < 4.78 is 13.4. The Morgan fingerprint density at radius 2 is 2.24 bits per heavy atom. The summed E-state index contributed by atoms with van der Waals surface area (Å²) in [5, 5.41) is 19.2. The molecule has 0 saturated carbocycles. The average molecular weight is 252 g/mol. The van der Waals surface area contributed by atoms with Crippen LogP contribution in [0.25, 0.3) is 10.9 Å². The van der Waals surface area contributed by atoms with Gasteiger partial charge in [0.25, 0.3) is 5.69 Å². The van der Waals surface area contributed by atoms with Gasteiger partial charge >= 0.3 is 0 Å². The first-order valence-electron chi connectivity index (χ1n) is 4.37. The number of halogens is 2. The second-order valence-electron chi connectivity index (χ2n) is 3.14. The van der Waals surface area contributed by atoms with Gasteiger partial charge in [-0.3, -0.25) is 15.1 Å². The number of rotatable bonds is 1. The number of nitriles is 1. The molecule has 1 heterocycles. The van der Waals surface area contributed by atoms with Crippen LogP contribution in [-0.4, -0.2) is 9.91 Å². The second kappa shape index (κ2) is 3.96. The molecule has 0 aliphatic rings. The third kappa shape index (κ3) is 1.66. The molecular weight excluding hydrogens is 249 g/mol. The van der Waals surface area contributed by atoms with Gasteiger partial charge in [-0.1, -0.05) is 11.6 Å². The summed E-state index contributed by atoms with van der Waals surface area (Å²) in [5.74, 6) is -0.725. The third-order valence-corrected chi connectivity index (χ3v) is 2.60. The Balaban J connectivity index is 3.01. The maximum absolute atomic E-state index is 13.4. The molecule has 0 N–H and O–H groups in total. The van der Waals surface area contributed by atoms with Crippen molar-refractivity contribution >= 4 is 28.2 Å². The zero-order chi connectivity index (χ0) is 12.6. The Labute approximate surface area is 99.2 Å². The number of non-ortho nitro benzene ring substituents is 1. The standard InChI is InChI=1S/C10H3ClFN3O2/c11-9-5(3-13)4-14-10-6(12)1-2-7(8(9)10)15(16)17/h1-2,4H. The molecule has 2 aromatic rings. The van der Waals surface area contributed by atoms with E-state index in [1.807, 2.05) is 0 Å². The summed E-state index contributed by atoms with van der Waals surface area (Å²) in [5.41, 5.74) is -0.632. The van der Waals surface area contributed by atoms with Crippen LogP contribution in [-0.2, 0) is 0 Å². The molecule has 0 aliphatic carbocycles. The number of hydrogen-bond acceptors (Lipinski definition) is 4. The molecule has 0 saturated heterocycles. The maximum Gasteiger partial charge on any atom is 0.280 e. The minimum Gasteiger partial charge on any atom is -0.258 e. The van der Waals surface area contributed by atoms with E-state index in [-0.39, 0.29) is 27.2 Å². The van der Waals surface area contributed by atoms with Gasteiger partial charge in [0.2, 0.25) is 0 Å². The van der Waals surface area contributed by atoms with Gasteiger partial charge in [0.1, 0.15) is 22.8 Å². The van der Waals surface area contributed by atoms with Gasteiger partial charge < -0.3 is 0 Å². The highest BCUT2D eigenvalue weighted by Crippen LogP contribution is 2.34. The monoisotopic (exact) mass is 251 g/mol. The van der Waals surface area contributed by atoms with Crippen LogP contribution in [0.4, 0.5) is 10.1 Å². The molecule has 1 aromatic carbocycles. The number of aromatic nitrogens is 1. The number of pyridine rings is 1. The van der Waals surface area contributed by atoms with Crippen LogP contribution in [0.1, 0.15) is 5.56 Å². The zero-order valence-corrected chi connectivity index (χ0v) is 8.90. The summed E-state index contributed by atoms with van der Waals surface area (Å²) in [6.45, 7) is 0. The molecule has 0 spiro atoms. The summed E-state index contributed by atoms with van der Waals surface area (Å²) >= 11 is 5.83. The highest BCUT2D eigenvalue weighted by atomic mass is 35.5. The smallest absolute Gasteiger partial charge is 0.258 e. The maximum atomic E-state index is 13.4. The van der Waals surface area contributed by atoms with Crippen molar-refractivity contribution in [1.29, 1.82) is 5.26 Å². The van der Waals surface area contributed by atoms with Gasteiger partial charge in [-0.25, -0.2) is 4.39 Å². The van der Waals surface area contributed by atoms with E-state index in [1.54, 1.807) is 6.07 Å². The molecular formula is C10H3ClFN3O2. The molecule has 17 heavy (non-hydrogen) atoms. The van der Waals surface area contributed by atoms with E-state index in [9.17, 15) is 14.5 Å². The molecule has 2 rings (SSSR count). The van der Waals surface area contributed by atoms with E-state index in [2.05, 4.69) is 4.98 Å². The van der Waals surface area contributed by atoms with Crippen molar-refractivity contribution in [3.05, 3.63) is 44.8 Å². The van der Waals surface area contributed by atoms with E-state index < -0.39 is 10.7 Å². The van der Waals surface area contributed by atoms with Crippen LogP contribution in [0, 0.1) is 27.3 Å². The first-order valence-corrected chi connectivity index (χ1v) is 4.75. The minimum absolute atomic E-state index is 0.0344. The number of nitro benzene ring substituents is 1. The van der Waals surface area contributed by atoms with Gasteiger partial charge in [-0.05, 0) is 6.07 Å². The van der Waals surface area contributed by atoms with Crippen molar-refractivity contribution in [1.82, 2.24) is 4.98 Å². The fraction of sp³-hybridized carbons (Fsp3) is 0. The average Bonchev–Trinajstić information content (AvgIpc) is 2.30. The van der Waals surface area contributed by atoms with Crippen molar-refractivity contribution in [2.45, 2.75) is 0 Å².